The van der Waals surface area contributed by atoms with Crippen LogP contribution in [0.15, 0.2) is 65.6 Å². The average Bonchev–Trinajstić information content (AvgIpc) is 2.77. The number of benzene rings is 3. The first-order chi connectivity index (χ1) is 15.7. The Bertz CT molecular complexity index is 1200. The topological polar surface area (TPSA) is 93.7 Å². The van der Waals surface area contributed by atoms with Gasteiger partial charge in [0.05, 0.1) is 11.5 Å². The quantitative estimate of drug-likeness (QED) is 0.433. The lowest BCUT2D eigenvalue weighted by Crippen LogP contribution is -2.20. The summed E-state index contributed by atoms with van der Waals surface area (Å²) in [6.45, 7) is 5.93. The number of hydrogen-bond donors (Lipinski definition) is 2. The zero-order chi connectivity index (χ0) is 24.0. The van der Waals surface area contributed by atoms with Gasteiger partial charge in [-0.05, 0) is 92.6 Å². The van der Waals surface area contributed by atoms with E-state index in [1.165, 1.54) is 24.3 Å². The maximum atomic E-state index is 12.6. The molecule has 0 spiro atoms. The minimum Gasteiger partial charge on any atom is -0.494 e. The molecule has 0 aliphatic carbocycles. The molecular formula is C24H25ClN2O5S. The number of ether oxygens (including phenoxy) is 2. The van der Waals surface area contributed by atoms with E-state index < -0.39 is 10.0 Å². The third-order valence-electron chi connectivity index (χ3n) is 4.65. The molecule has 0 unspecified atom stereocenters. The number of rotatable bonds is 9. The molecule has 0 bridgehead atoms. The van der Waals surface area contributed by atoms with E-state index in [0.717, 1.165) is 11.1 Å². The minimum absolute atomic E-state index is 0.0674. The van der Waals surface area contributed by atoms with Gasteiger partial charge in [-0.2, -0.15) is 0 Å². The van der Waals surface area contributed by atoms with Crippen molar-refractivity contribution < 1.29 is 22.7 Å². The standard InChI is InChI=1S/C24H25ClN2O5S/c1-4-31-20-9-5-19(6-10-20)27-33(29,30)22-11-7-18(8-12-22)26-23(28)15-32-21-13-16(2)24(25)17(3)14-21/h5-14,27H,4,15H2,1-3H3,(H,26,28). The van der Waals surface area contributed by atoms with E-state index in [-0.39, 0.29) is 17.4 Å². The van der Waals surface area contributed by atoms with Crippen molar-refractivity contribution in [1.29, 1.82) is 0 Å². The lowest BCUT2D eigenvalue weighted by Gasteiger charge is -2.11. The smallest absolute Gasteiger partial charge is 0.262 e. The largest absolute Gasteiger partial charge is 0.494 e. The van der Waals surface area contributed by atoms with Crippen molar-refractivity contribution in [2.24, 2.45) is 0 Å². The van der Waals surface area contributed by atoms with Gasteiger partial charge in [0.1, 0.15) is 11.5 Å². The zero-order valence-electron chi connectivity index (χ0n) is 18.5. The lowest BCUT2D eigenvalue weighted by molar-refractivity contribution is -0.118. The van der Waals surface area contributed by atoms with Crippen LogP contribution in [-0.4, -0.2) is 27.5 Å². The molecule has 0 saturated heterocycles. The zero-order valence-corrected chi connectivity index (χ0v) is 20.1. The molecule has 0 atom stereocenters. The third-order valence-corrected chi connectivity index (χ3v) is 6.64. The molecule has 0 fully saturated rings. The lowest BCUT2D eigenvalue weighted by atomic mass is 10.1. The van der Waals surface area contributed by atoms with Crippen molar-refractivity contribution >= 4 is 38.9 Å². The summed E-state index contributed by atoms with van der Waals surface area (Å²) in [4.78, 5) is 12.3. The SMILES string of the molecule is CCOc1ccc(NS(=O)(=O)c2ccc(NC(=O)COc3cc(C)c(Cl)c(C)c3)cc2)cc1. The van der Waals surface area contributed by atoms with Crippen LogP contribution in [0.4, 0.5) is 11.4 Å². The van der Waals surface area contributed by atoms with Crippen LogP contribution >= 0.6 is 11.6 Å². The maximum absolute atomic E-state index is 12.6. The summed E-state index contributed by atoms with van der Waals surface area (Å²) in [5.41, 5.74) is 2.60. The van der Waals surface area contributed by atoms with Crippen molar-refractivity contribution in [2.45, 2.75) is 25.7 Å². The van der Waals surface area contributed by atoms with Gasteiger partial charge in [0.2, 0.25) is 0 Å². The highest BCUT2D eigenvalue weighted by atomic mass is 35.5. The molecule has 1 amide bonds. The van der Waals surface area contributed by atoms with Gasteiger partial charge in [0.25, 0.3) is 15.9 Å². The molecule has 3 aromatic carbocycles. The molecule has 0 heterocycles. The van der Waals surface area contributed by atoms with Gasteiger partial charge in [-0.1, -0.05) is 11.6 Å². The third kappa shape index (κ3) is 6.63. The second kappa shape index (κ2) is 10.6. The molecule has 7 nitrogen and oxygen atoms in total. The van der Waals surface area contributed by atoms with Crippen LogP contribution in [0.2, 0.25) is 5.02 Å². The number of nitrogens with one attached hydrogen (secondary N) is 2. The summed E-state index contributed by atoms with van der Waals surface area (Å²) in [6.07, 6.45) is 0. The van der Waals surface area contributed by atoms with E-state index in [0.29, 0.717) is 34.5 Å². The summed E-state index contributed by atoms with van der Waals surface area (Å²) >= 11 is 6.14. The molecule has 174 valence electrons. The van der Waals surface area contributed by atoms with Crippen molar-refractivity contribution in [3.8, 4) is 11.5 Å². The van der Waals surface area contributed by atoms with Gasteiger partial charge in [-0.25, -0.2) is 8.42 Å². The monoisotopic (exact) mass is 488 g/mol. The molecule has 0 aromatic heterocycles. The molecule has 9 heteroatoms. The van der Waals surface area contributed by atoms with Crippen LogP contribution < -0.4 is 19.5 Å². The maximum Gasteiger partial charge on any atom is 0.262 e. The number of anilines is 2. The van der Waals surface area contributed by atoms with Crippen molar-refractivity contribution in [1.82, 2.24) is 0 Å². The van der Waals surface area contributed by atoms with Crippen molar-refractivity contribution in [3.05, 3.63) is 76.8 Å². The number of amides is 1. The van der Waals surface area contributed by atoms with Gasteiger partial charge in [0, 0.05) is 16.4 Å². The number of halogens is 1. The Kier molecular flexibility index (Phi) is 7.84. The predicted molar refractivity (Wildman–Crippen MR) is 130 cm³/mol. The van der Waals surface area contributed by atoms with Gasteiger partial charge in [-0.3, -0.25) is 9.52 Å². The van der Waals surface area contributed by atoms with Gasteiger partial charge < -0.3 is 14.8 Å². The summed E-state index contributed by atoms with van der Waals surface area (Å²) in [5.74, 6) is 0.834. The Hall–Kier alpha value is -3.23. The summed E-state index contributed by atoms with van der Waals surface area (Å²) in [6, 6.07) is 16.0. The fraction of sp³-hybridized carbons (Fsp3) is 0.208. The number of sulfonamides is 1. The molecular weight excluding hydrogens is 464 g/mol. The van der Waals surface area contributed by atoms with Gasteiger partial charge in [0.15, 0.2) is 6.61 Å². The molecule has 0 radical (unpaired) electrons. The van der Waals surface area contributed by atoms with E-state index in [9.17, 15) is 13.2 Å². The van der Waals surface area contributed by atoms with Crippen LogP contribution in [-0.2, 0) is 14.8 Å². The Labute approximate surface area is 198 Å². The molecule has 0 saturated carbocycles. The van der Waals surface area contributed by atoms with Crippen LogP contribution in [0, 0.1) is 13.8 Å². The highest BCUT2D eigenvalue weighted by molar-refractivity contribution is 7.92. The van der Waals surface area contributed by atoms with Gasteiger partial charge in [-0.15, -0.1) is 0 Å². The van der Waals surface area contributed by atoms with Crippen molar-refractivity contribution in [2.75, 3.05) is 23.3 Å². The van der Waals surface area contributed by atoms with Crippen LogP contribution in [0.3, 0.4) is 0 Å². The Morgan fingerprint density at radius 3 is 2.03 bits per heavy atom. The first kappa shape index (κ1) is 24.4. The summed E-state index contributed by atoms with van der Waals surface area (Å²) in [7, 11) is -3.78. The van der Waals surface area contributed by atoms with E-state index in [1.54, 1.807) is 36.4 Å². The van der Waals surface area contributed by atoms with E-state index >= 15 is 0 Å². The van der Waals surface area contributed by atoms with E-state index in [1.807, 2.05) is 20.8 Å². The van der Waals surface area contributed by atoms with Crippen molar-refractivity contribution in [3.63, 3.8) is 0 Å². The second-order valence-corrected chi connectivity index (χ2v) is 9.36. The number of carbonyl (C=O) groups excluding carboxylic acids is 1. The summed E-state index contributed by atoms with van der Waals surface area (Å²) in [5, 5.41) is 3.35. The fourth-order valence-electron chi connectivity index (χ4n) is 3.05. The first-order valence-electron chi connectivity index (χ1n) is 10.2. The molecule has 3 rings (SSSR count). The van der Waals surface area contributed by atoms with Gasteiger partial charge >= 0.3 is 0 Å². The number of carbonyl (C=O) groups is 1. The fourth-order valence-corrected chi connectivity index (χ4v) is 4.22. The molecule has 0 aliphatic heterocycles. The van der Waals surface area contributed by atoms with Crippen LogP contribution in [0.25, 0.3) is 0 Å². The number of aryl methyl sites for hydroxylation is 2. The molecule has 3 aromatic rings. The Balaban J connectivity index is 1.58. The molecule has 2 N–H and O–H groups in total. The first-order valence-corrected chi connectivity index (χ1v) is 12.1. The van der Waals surface area contributed by atoms with E-state index in [2.05, 4.69) is 10.0 Å². The van der Waals surface area contributed by atoms with Crippen LogP contribution in [0.1, 0.15) is 18.1 Å². The normalized spacial score (nSPS) is 11.0. The molecule has 33 heavy (non-hydrogen) atoms. The highest BCUT2D eigenvalue weighted by Gasteiger charge is 2.15. The van der Waals surface area contributed by atoms with Crippen LogP contribution in [0.5, 0.6) is 11.5 Å². The summed E-state index contributed by atoms with van der Waals surface area (Å²) < 4.78 is 38.7. The Morgan fingerprint density at radius 1 is 0.879 bits per heavy atom. The predicted octanol–water partition coefficient (Wildman–Crippen LogP) is 5.17. The second-order valence-electron chi connectivity index (χ2n) is 7.30. The molecule has 0 aliphatic rings. The van der Waals surface area contributed by atoms with E-state index in [4.69, 9.17) is 21.1 Å². The highest BCUT2D eigenvalue weighted by Crippen LogP contribution is 2.26. The number of hydrogen-bond acceptors (Lipinski definition) is 5. The Morgan fingerprint density at radius 2 is 1.45 bits per heavy atom. The average molecular weight is 489 g/mol. The minimum atomic E-state index is -3.78.